The first kappa shape index (κ1) is 30.9. The Morgan fingerprint density at radius 3 is 2.35 bits per heavy atom. The van der Waals surface area contributed by atoms with Crippen molar-refractivity contribution < 1.29 is 9.14 Å². The first-order chi connectivity index (χ1) is 23.8. The summed E-state index contributed by atoms with van der Waals surface area (Å²) in [5, 5.41) is 5.25. The van der Waals surface area contributed by atoms with Crippen LogP contribution in [0.1, 0.15) is 48.6 Å². The minimum atomic E-state index is -0.199. The third kappa shape index (κ3) is 5.00. The van der Waals surface area contributed by atoms with Crippen molar-refractivity contribution >= 4 is 60.3 Å². The summed E-state index contributed by atoms with van der Waals surface area (Å²) in [6.45, 7) is 13.2. The Morgan fingerprint density at radius 2 is 1.51 bits per heavy atom. The van der Waals surface area contributed by atoms with Gasteiger partial charge in [0.05, 0.1) is 11.1 Å². The molecule has 1 aliphatic carbocycles. The highest BCUT2D eigenvalue weighted by Crippen LogP contribution is 2.53. The van der Waals surface area contributed by atoms with Crippen LogP contribution < -0.4 is 4.57 Å². The van der Waals surface area contributed by atoms with Crippen LogP contribution in [0.3, 0.4) is 0 Å². The van der Waals surface area contributed by atoms with E-state index in [0.29, 0.717) is 0 Å². The first-order valence-corrected chi connectivity index (χ1v) is 17.8. The number of benzene rings is 5. The third-order valence-electron chi connectivity index (χ3n) is 10.3. The second kappa shape index (κ2) is 11.9. The Bertz CT molecular complexity index is 2570. The van der Waals surface area contributed by atoms with Crippen LogP contribution in [0, 0.1) is 6.92 Å². The van der Waals surface area contributed by atoms with E-state index in [2.05, 4.69) is 178 Å². The highest BCUT2D eigenvalue weighted by Gasteiger charge is 2.41. The average Bonchev–Trinajstić information content (AvgIpc) is 3.59. The zero-order valence-electron chi connectivity index (χ0n) is 28.8. The Kier molecular flexibility index (Phi) is 7.54. The van der Waals surface area contributed by atoms with Crippen LogP contribution in [0.5, 0.6) is 0 Å². The first-order valence-electron chi connectivity index (χ1n) is 16.9. The fourth-order valence-electron chi connectivity index (χ4n) is 7.92. The van der Waals surface area contributed by atoms with E-state index in [-0.39, 0.29) is 5.41 Å². The number of aromatic nitrogens is 1. The number of pyridine rings is 1. The van der Waals surface area contributed by atoms with E-state index < -0.39 is 0 Å². The summed E-state index contributed by atoms with van der Waals surface area (Å²) in [4.78, 5) is 0. The zero-order valence-corrected chi connectivity index (χ0v) is 29.6. The molecule has 238 valence electrons. The molecule has 1 aliphatic rings. The molecule has 0 atom stereocenters. The molecule has 0 spiro atoms. The Balaban J connectivity index is 1.31. The number of thiophene rings is 1. The van der Waals surface area contributed by atoms with Crippen LogP contribution in [0.15, 0.2) is 134 Å². The molecule has 0 saturated carbocycles. The molecule has 0 fully saturated rings. The molecule has 49 heavy (non-hydrogen) atoms. The van der Waals surface area contributed by atoms with E-state index in [1.165, 1.54) is 86.9 Å². The smallest absolute Gasteiger partial charge is 0.205 e. The van der Waals surface area contributed by atoms with Gasteiger partial charge in [0.1, 0.15) is 7.05 Å². The largest absolute Gasteiger partial charge is 0.218 e. The van der Waals surface area contributed by atoms with Gasteiger partial charge in [-0.3, -0.25) is 0 Å². The number of fused-ring (bicyclic) bond motifs is 8. The maximum atomic E-state index is 3.91. The average molecular weight is 653 g/mol. The van der Waals surface area contributed by atoms with Crippen LogP contribution in [0.25, 0.3) is 65.6 Å². The molecule has 5 aromatic carbocycles. The van der Waals surface area contributed by atoms with E-state index >= 15 is 0 Å². The fraction of sp³-hybridized carbons (Fsp3) is 0.130. The van der Waals surface area contributed by atoms with Crippen molar-refractivity contribution in [2.24, 2.45) is 0 Å². The minimum Gasteiger partial charge on any atom is -0.205 e. The number of rotatable bonds is 6. The summed E-state index contributed by atoms with van der Waals surface area (Å²) >= 11 is 1.87. The minimum absolute atomic E-state index is 0.199. The fourth-order valence-corrected chi connectivity index (χ4v) is 9.10. The second-order valence-electron chi connectivity index (χ2n) is 13.6. The van der Waals surface area contributed by atoms with Gasteiger partial charge in [-0.15, -0.1) is 11.3 Å². The van der Waals surface area contributed by atoms with Crippen molar-refractivity contribution in [2.75, 3.05) is 7.05 Å². The standard InChI is InChI=1S/C46H40N2S/c1-7-8-25-47(6)31(3)43-33(21-23-37-36-22-20-32-15-9-10-16-34(32)44(36)46(4,5)45(37)43)24-27-48-26-14-13-18-40(48)38-29-39-35-17-11-12-19-41(35)49-42(39)28-30(38)2/h7-29H,1H2,2-6H3/q+2/b25-8-,27-24-,47-31+. The van der Waals surface area contributed by atoms with E-state index in [4.69, 9.17) is 0 Å². The van der Waals surface area contributed by atoms with Crippen molar-refractivity contribution in [1.82, 2.24) is 0 Å². The number of nitrogens with zero attached hydrogens (tertiary/aromatic N) is 2. The summed E-state index contributed by atoms with van der Waals surface area (Å²) in [7, 11) is 2.13. The maximum absolute atomic E-state index is 3.91. The molecule has 2 heterocycles. The second-order valence-corrected chi connectivity index (χ2v) is 14.7. The van der Waals surface area contributed by atoms with Crippen molar-refractivity contribution in [3.63, 3.8) is 0 Å². The molecule has 0 amide bonds. The molecule has 7 aromatic rings. The lowest BCUT2D eigenvalue weighted by Crippen LogP contribution is -2.28. The predicted molar refractivity (Wildman–Crippen MR) is 212 cm³/mol. The molecule has 0 radical (unpaired) electrons. The van der Waals surface area contributed by atoms with Crippen LogP contribution in [0.4, 0.5) is 0 Å². The molecule has 8 rings (SSSR count). The SMILES string of the molecule is C=C/C=C\[N+](C)=C(/C)c1c(/C=C\[n+]2ccccc2-c2cc3c(cc2C)sc2ccccc23)ccc2c1C(C)(C)c1c-2ccc2ccccc12. The highest BCUT2D eigenvalue weighted by molar-refractivity contribution is 7.25. The van der Waals surface area contributed by atoms with E-state index in [1.54, 1.807) is 0 Å². The number of hydrogen-bond acceptors (Lipinski definition) is 1. The quantitative estimate of drug-likeness (QED) is 0.0959. The van der Waals surface area contributed by atoms with Crippen molar-refractivity contribution in [2.45, 2.75) is 33.1 Å². The predicted octanol–water partition coefficient (Wildman–Crippen LogP) is 11.6. The number of hydrogen-bond donors (Lipinski definition) is 0. The van der Waals surface area contributed by atoms with Gasteiger partial charge in [0.15, 0.2) is 24.3 Å². The van der Waals surface area contributed by atoms with Crippen LogP contribution in [0.2, 0.25) is 0 Å². The van der Waals surface area contributed by atoms with Gasteiger partial charge < -0.3 is 0 Å². The van der Waals surface area contributed by atoms with Gasteiger partial charge in [-0.1, -0.05) is 93.2 Å². The monoisotopic (exact) mass is 652 g/mol. The lowest BCUT2D eigenvalue weighted by Gasteiger charge is -2.26. The topological polar surface area (TPSA) is 6.89 Å². The van der Waals surface area contributed by atoms with Crippen LogP contribution >= 0.6 is 11.3 Å². The summed E-state index contributed by atoms with van der Waals surface area (Å²) < 4.78 is 7.15. The molecule has 0 unspecified atom stereocenters. The maximum Gasteiger partial charge on any atom is 0.218 e. The van der Waals surface area contributed by atoms with Gasteiger partial charge >= 0.3 is 0 Å². The Hall–Kier alpha value is -5.38. The number of allylic oxidation sites excluding steroid dienone is 2. The van der Waals surface area contributed by atoms with Gasteiger partial charge in [0, 0.05) is 56.8 Å². The zero-order chi connectivity index (χ0) is 33.9. The Labute approximate surface area is 292 Å². The summed E-state index contributed by atoms with van der Waals surface area (Å²) in [6, 6.07) is 38.0. The molecule has 2 aromatic heterocycles. The van der Waals surface area contributed by atoms with Gasteiger partial charge in [-0.05, 0) is 75.3 Å². The normalized spacial score (nSPS) is 14.2. The third-order valence-corrected chi connectivity index (χ3v) is 11.5. The summed E-state index contributed by atoms with van der Waals surface area (Å²) in [6.07, 6.45) is 12.6. The molecule has 0 aliphatic heterocycles. The van der Waals surface area contributed by atoms with Crippen molar-refractivity contribution in [3.8, 4) is 22.4 Å². The van der Waals surface area contributed by atoms with E-state index in [0.717, 1.165) is 0 Å². The van der Waals surface area contributed by atoms with E-state index in [9.17, 15) is 0 Å². The lowest BCUT2D eigenvalue weighted by atomic mass is 9.76. The molecule has 0 N–H and O–H groups in total. The van der Waals surface area contributed by atoms with Gasteiger partial charge in [0.2, 0.25) is 5.69 Å². The molecule has 2 nitrogen and oxygen atoms in total. The molecular formula is C46H40N2S+2. The molecule has 3 heteroatoms. The van der Waals surface area contributed by atoms with Crippen LogP contribution in [-0.2, 0) is 5.41 Å². The number of aryl methyl sites for hydroxylation is 1. The van der Waals surface area contributed by atoms with Crippen molar-refractivity contribution in [3.05, 3.63) is 162 Å². The summed E-state index contributed by atoms with van der Waals surface area (Å²) in [5.41, 5.74) is 12.6. The lowest BCUT2D eigenvalue weighted by molar-refractivity contribution is -0.555. The van der Waals surface area contributed by atoms with Crippen LogP contribution in [-0.4, -0.2) is 17.3 Å². The van der Waals surface area contributed by atoms with E-state index in [1.807, 2.05) is 23.5 Å². The van der Waals surface area contributed by atoms with Crippen molar-refractivity contribution in [1.29, 1.82) is 0 Å². The van der Waals surface area contributed by atoms with Gasteiger partial charge in [-0.25, -0.2) is 4.58 Å². The summed E-state index contributed by atoms with van der Waals surface area (Å²) in [5.74, 6) is 0. The van der Waals surface area contributed by atoms with Gasteiger partial charge in [-0.2, -0.15) is 4.57 Å². The molecule has 0 saturated heterocycles. The molecular weight excluding hydrogens is 613 g/mol. The Morgan fingerprint density at radius 1 is 0.776 bits per heavy atom. The molecule has 0 bridgehead atoms. The highest BCUT2D eigenvalue weighted by atomic mass is 32.1. The van der Waals surface area contributed by atoms with Gasteiger partial charge in [0.25, 0.3) is 0 Å².